The highest BCUT2D eigenvalue weighted by Gasteiger charge is 2.28. The van der Waals surface area contributed by atoms with Crippen molar-refractivity contribution in [3.63, 3.8) is 0 Å². The van der Waals surface area contributed by atoms with Crippen LogP contribution in [-0.4, -0.2) is 23.6 Å². The van der Waals surface area contributed by atoms with E-state index in [2.05, 4.69) is 16.0 Å². The molecule has 1 aliphatic heterocycles. The molecule has 1 aromatic heterocycles. The van der Waals surface area contributed by atoms with E-state index >= 15 is 0 Å². The van der Waals surface area contributed by atoms with Crippen molar-refractivity contribution in [2.75, 3.05) is 16.0 Å². The number of anilines is 3. The van der Waals surface area contributed by atoms with Crippen molar-refractivity contribution >= 4 is 45.3 Å². The Bertz CT molecular complexity index is 888. The zero-order chi connectivity index (χ0) is 18.8. The van der Waals surface area contributed by atoms with Gasteiger partial charge in [0, 0.05) is 6.42 Å². The molecule has 0 bridgehead atoms. The smallest absolute Gasteiger partial charge is 0.247 e. The third kappa shape index (κ3) is 3.62. The molecule has 136 valence electrons. The second-order valence-electron chi connectivity index (χ2n) is 6.36. The van der Waals surface area contributed by atoms with Gasteiger partial charge in [0.1, 0.15) is 11.0 Å². The normalized spacial score (nSPS) is 15.7. The molecule has 0 saturated heterocycles. The molecule has 2 heterocycles. The van der Waals surface area contributed by atoms with E-state index in [4.69, 9.17) is 0 Å². The predicted octanol–water partition coefficient (Wildman–Crippen LogP) is 3.72. The highest BCUT2D eigenvalue weighted by molar-refractivity contribution is 7.14. The Morgan fingerprint density at radius 3 is 2.58 bits per heavy atom. The average molecular weight is 371 g/mol. The summed E-state index contributed by atoms with van der Waals surface area (Å²) in [5.74, 6) is -0.570. The van der Waals surface area contributed by atoms with E-state index in [1.54, 1.807) is 18.4 Å². The monoisotopic (exact) mass is 371 g/mol. The largest absolute Gasteiger partial charge is 0.372 e. The summed E-state index contributed by atoms with van der Waals surface area (Å²) in [6.07, 6.45) is 0.359. The fraction of sp³-hybridized carbons (Fsp3) is 0.316. The Kier molecular flexibility index (Phi) is 5.08. The lowest BCUT2D eigenvalue weighted by Crippen LogP contribution is -2.41. The van der Waals surface area contributed by atoms with Crippen molar-refractivity contribution in [1.82, 2.24) is 0 Å². The van der Waals surface area contributed by atoms with Gasteiger partial charge in [0.05, 0.1) is 23.4 Å². The molecule has 0 radical (unpaired) electrons. The van der Waals surface area contributed by atoms with Gasteiger partial charge in [-0.2, -0.15) is 0 Å². The van der Waals surface area contributed by atoms with Crippen molar-refractivity contribution < 1.29 is 14.4 Å². The van der Waals surface area contributed by atoms with Crippen molar-refractivity contribution in [2.45, 2.75) is 39.7 Å². The van der Waals surface area contributed by atoms with Crippen molar-refractivity contribution in [3.8, 4) is 0 Å². The summed E-state index contributed by atoms with van der Waals surface area (Å²) in [6, 6.07) is 4.93. The first kappa shape index (κ1) is 18.1. The number of aryl methyl sites for hydroxylation is 2. The number of carbonyl (C=O) groups excluding carboxylic acids is 3. The third-order valence-electron chi connectivity index (χ3n) is 4.47. The lowest BCUT2D eigenvalue weighted by Gasteiger charge is -2.27. The molecule has 3 N–H and O–H groups in total. The van der Waals surface area contributed by atoms with Gasteiger partial charge < -0.3 is 16.0 Å². The maximum absolute atomic E-state index is 12.4. The van der Waals surface area contributed by atoms with Gasteiger partial charge in [0.25, 0.3) is 0 Å². The van der Waals surface area contributed by atoms with Crippen LogP contribution in [0, 0.1) is 13.8 Å². The minimum absolute atomic E-state index is 0.0180. The summed E-state index contributed by atoms with van der Waals surface area (Å²) in [7, 11) is 0. The molecule has 26 heavy (non-hydrogen) atoms. The minimum atomic E-state index is -0.658. The van der Waals surface area contributed by atoms with Crippen LogP contribution in [0.4, 0.5) is 16.4 Å². The quantitative estimate of drug-likeness (QED) is 0.699. The highest BCUT2D eigenvalue weighted by atomic mass is 32.1. The molecule has 3 rings (SSSR count). The molecule has 7 heteroatoms. The maximum atomic E-state index is 12.4. The number of amides is 2. The van der Waals surface area contributed by atoms with Crippen LogP contribution < -0.4 is 16.0 Å². The number of hydrogen-bond acceptors (Lipinski definition) is 5. The lowest BCUT2D eigenvalue weighted by molar-refractivity contribution is -0.122. The second-order valence-corrected chi connectivity index (χ2v) is 7.28. The first-order valence-electron chi connectivity index (χ1n) is 8.48. The number of benzene rings is 1. The molecule has 1 aromatic carbocycles. The SMILES string of the molecule is CCC(=O)c1ccsc1NC(=O)CC1Nc2cc(C)c(C)cc2NC1=O. The van der Waals surface area contributed by atoms with Gasteiger partial charge >= 0.3 is 0 Å². The fourth-order valence-electron chi connectivity index (χ4n) is 2.84. The van der Waals surface area contributed by atoms with Crippen LogP contribution in [0.3, 0.4) is 0 Å². The second kappa shape index (κ2) is 7.29. The summed E-state index contributed by atoms with van der Waals surface area (Å²) in [4.78, 5) is 36.6. The molecule has 0 fully saturated rings. The minimum Gasteiger partial charge on any atom is -0.372 e. The highest BCUT2D eigenvalue weighted by Crippen LogP contribution is 2.31. The molecular weight excluding hydrogens is 350 g/mol. The van der Waals surface area contributed by atoms with Gasteiger partial charge in [-0.15, -0.1) is 11.3 Å². The van der Waals surface area contributed by atoms with E-state index in [-0.39, 0.29) is 24.0 Å². The number of hydrogen-bond donors (Lipinski definition) is 3. The lowest BCUT2D eigenvalue weighted by atomic mass is 10.0. The van der Waals surface area contributed by atoms with Gasteiger partial charge in [0.15, 0.2) is 5.78 Å². The number of nitrogens with one attached hydrogen (secondary N) is 3. The predicted molar refractivity (Wildman–Crippen MR) is 104 cm³/mol. The van der Waals surface area contributed by atoms with E-state index in [1.165, 1.54) is 11.3 Å². The van der Waals surface area contributed by atoms with Crippen LogP contribution in [-0.2, 0) is 9.59 Å². The van der Waals surface area contributed by atoms with E-state index in [0.717, 1.165) is 22.5 Å². The van der Waals surface area contributed by atoms with Crippen molar-refractivity contribution in [1.29, 1.82) is 0 Å². The van der Waals surface area contributed by atoms with Crippen LogP contribution in [0.25, 0.3) is 0 Å². The van der Waals surface area contributed by atoms with E-state index in [1.807, 2.05) is 26.0 Å². The maximum Gasteiger partial charge on any atom is 0.247 e. The standard InChI is InChI=1S/C19H21N3O3S/c1-4-16(23)12-5-6-26-19(12)22-17(24)9-15-18(25)21-14-8-11(3)10(2)7-13(14)20-15/h5-8,15,20H,4,9H2,1-3H3,(H,21,25)(H,22,24). The first-order valence-corrected chi connectivity index (χ1v) is 9.36. The number of thiophene rings is 1. The van der Waals surface area contributed by atoms with E-state index in [9.17, 15) is 14.4 Å². The molecular formula is C19H21N3O3S. The summed E-state index contributed by atoms with van der Waals surface area (Å²) < 4.78 is 0. The summed E-state index contributed by atoms with van der Waals surface area (Å²) in [6.45, 7) is 5.76. The molecule has 0 saturated carbocycles. The molecule has 2 aromatic rings. The average Bonchev–Trinajstić information content (AvgIpc) is 3.04. The molecule has 1 atom stereocenters. The third-order valence-corrected chi connectivity index (χ3v) is 5.30. The molecule has 0 aliphatic carbocycles. The molecule has 1 unspecified atom stereocenters. The van der Waals surface area contributed by atoms with E-state index in [0.29, 0.717) is 17.0 Å². The Morgan fingerprint density at radius 1 is 1.19 bits per heavy atom. The van der Waals surface area contributed by atoms with Crippen LogP contribution in [0.5, 0.6) is 0 Å². The van der Waals surface area contributed by atoms with Gasteiger partial charge in [-0.05, 0) is 48.6 Å². The van der Waals surface area contributed by atoms with Gasteiger partial charge in [-0.3, -0.25) is 14.4 Å². The molecule has 0 spiro atoms. The summed E-state index contributed by atoms with van der Waals surface area (Å²) in [5.41, 5.74) is 4.25. The Labute approximate surface area is 156 Å². The Morgan fingerprint density at radius 2 is 1.88 bits per heavy atom. The topological polar surface area (TPSA) is 87.3 Å². The van der Waals surface area contributed by atoms with Gasteiger partial charge in [-0.1, -0.05) is 6.92 Å². The Balaban J connectivity index is 1.70. The zero-order valence-corrected chi connectivity index (χ0v) is 15.8. The van der Waals surface area contributed by atoms with Crippen LogP contribution >= 0.6 is 11.3 Å². The summed E-state index contributed by atoms with van der Waals surface area (Å²) >= 11 is 1.30. The Hall–Kier alpha value is -2.67. The van der Waals surface area contributed by atoms with E-state index < -0.39 is 6.04 Å². The van der Waals surface area contributed by atoms with Crippen LogP contribution in [0.2, 0.25) is 0 Å². The number of Topliss-reactive ketones (excluding diaryl/α,β-unsaturated/α-hetero) is 1. The van der Waals surface area contributed by atoms with Crippen LogP contribution in [0.1, 0.15) is 41.3 Å². The molecule has 1 aliphatic rings. The van der Waals surface area contributed by atoms with Crippen molar-refractivity contribution in [3.05, 3.63) is 40.3 Å². The molecule has 2 amide bonds. The van der Waals surface area contributed by atoms with Crippen LogP contribution in [0.15, 0.2) is 23.6 Å². The number of rotatable bonds is 5. The molecule has 6 nitrogen and oxygen atoms in total. The first-order chi connectivity index (χ1) is 12.4. The summed E-state index contributed by atoms with van der Waals surface area (Å²) in [5, 5.41) is 11.0. The fourth-order valence-corrected chi connectivity index (χ4v) is 3.66. The number of carbonyl (C=O) groups is 3. The van der Waals surface area contributed by atoms with Crippen molar-refractivity contribution in [2.24, 2.45) is 0 Å². The number of fused-ring (bicyclic) bond motifs is 1. The number of ketones is 1. The van der Waals surface area contributed by atoms with Gasteiger partial charge in [0.2, 0.25) is 11.8 Å². The van der Waals surface area contributed by atoms with Gasteiger partial charge in [-0.25, -0.2) is 0 Å². The zero-order valence-electron chi connectivity index (χ0n) is 14.9.